The summed E-state index contributed by atoms with van der Waals surface area (Å²) >= 11 is 3.20. The molecule has 2 rings (SSSR count). The van der Waals surface area contributed by atoms with Crippen molar-refractivity contribution in [3.05, 3.63) is 52.5 Å². The lowest BCUT2D eigenvalue weighted by Gasteiger charge is -2.12. The van der Waals surface area contributed by atoms with Crippen molar-refractivity contribution in [2.24, 2.45) is 0 Å². The summed E-state index contributed by atoms with van der Waals surface area (Å²) in [5, 5.41) is 9.67. The van der Waals surface area contributed by atoms with Gasteiger partial charge in [-0.05, 0) is 37.3 Å². The molecule has 2 amide bonds. The minimum atomic E-state index is -0.651. The molecule has 0 aliphatic heterocycles. The average molecular weight is 409 g/mol. The molecule has 2 aromatic carbocycles. The van der Waals surface area contributed by atoms with E-state index < -0.39 is 11.8 Å². The number of carbonyl (C=O) groups excluding carboxylic acids is 2. The molecular formula is C17H17BrN2O5. The summed E-state index contributed by atoms with van der Waals surface area (Å²) in [4.78, 5) is 23.8. The number of phenolic OH excluding ortho intramolecular Hbond substituents is 1. The summed E-state index contributed by atoms with van der Waals surface area (Å²) in [6.07, 6.45) is 0. The fourth-order valence-electron chi connectivity index (χ4n) is 1.91. The molecule has 0 aliphatic carbocycles. The van der Waals surface area contributed by atoms with E-state index in [0.29, 0.717) is 22.6 Å². The zero-order chi connectivity index (χ0) is 18.2. The molecule has 0 heterocycles. The minimum Gasteiger partial charge on any atom is -0.507 e. The molecular weight excluding hydrogens is 392 g/mol. The highest BCUT2D eigenvalue weighted by molar-refractivity contribution is 9.10. The highest BCUT2D eigenvalue weighted by atomic mass is 79.9. The third-order valence-electron chi connectivity index (χ3n) is 3.03. The Balaban J connectivity index is 1.87. The van der Waals surface area contributed by atoms with E-state index in [9.17, 15) is 14.7 Å². The molecule has 0 atom stereocenters. The van der Waals surface area contributed by atoms with Crippen LogP contribution in [0.4, 0.5) is 0 Å². The first-order valence-corrected chi connectivity index (χ1v) is 8.23. The third kappa shape index (κ3) is 5.39. The molecule has 2 aromatic rings. The van der Waals surface area contributed by atoms with Crippen LogP contribution in [0.1, 0.15) is 17.3 Å². The molecule has 7 nitrogen and oxygen atoms in total. The molecule has 0 unspecified atom stereocenters. The van der Waals surface area contributed by atoms with Gasteiger partial charge in [0, 0.05) is 4.47 Å². The van der Waals surface area contributed by atoms with Gasteiger partial charge in [0.2, 0.25) is 0 Å². The van der Waals surface area contributed by atoms with E-state index in [-0.39, 0.29) is 17.9 Å². The molecule has 132 valence electrons. The Kier molecular flexibility index (Phi) is 6.64. The van der Waals surface area contributed by atoms with Gasteiger partial charge >= 0.3 is 0 Å². The van der Waals surface area contributed by atoms with Crippen molar-refractivity contribution in [3.63, 3.8) is 0 Å². The molecule has 0 spiro atoms. The van der Waals surface area contributed by atoms with Crippen molar-refractivity contribution in [2.75, 3.05) is 13.2 Å². The van der Waals surface area contributed by atoms with Gasteiger partial charge in [0.05, 0.1) is 12.2 Å². The van der Waals surface area contributed by atoms with Gasteiger partial charge in [-0.25, -0.2) is 0 Å². The highest BCUT2D eigenvalue weighted by Gasteiger charge is 2.13. The third-order valence-corrected chi connectivity index (χ3v) is 3.52. The van der Waals surface area contributed by atoms with E-state index in [2.05, 4.69) is 26.8 Å². The summed E-state index contributed by atoms with van der Waals surface area (Å²) in [6, 6.07) is 11.4. The molecule has 0 aliphatic rings. The second kappa shape index (κ2) is 8.93. The normalized spacial score (nSPS) is 10.0. The van der Waals surface area contributed by atoms with Gasteiger partial charge in [0.25, 0.3) is 11.8 Å². The number of hydrogen-bond donors (Lipinski definition) is 3. The molecule has 25 heavy (non-hydrogen) atoms. The number of benzene rings is 2. The van der Waals surface area contributed by atoms with Crippen LogP contribution in [0.3, 0.4) is 0 Å². The molecule has 3 N–H and O–H groups in total. The smallest absolute Gasteiger partial charge is 0.276 e. The Hall–Kier alpha value is -2.74. The van der Waals surface area contributed by atoms with Crippen LogP contribution in [0, 0.1) is 0 Å². The lowest BCUT2D eigenvalue weighted by molar-refractivity contribution is -0.123. The topological polar surface area (TPSA) is 96.9 Å². The van der Waals surface area contributed by atoms with Crippen LogP contribution in [0.25, 0.3) is 0 Å². The van der Waals surface area contributed by atoms with Gasteiger partial charge in [-0.3, -0.25) is 20.4 Å². The maximum Gasteiger partial charge on any atom is 0.276 e. The van der Waals surface area contributed by atoms with Crippen molar-refractivity contribution in [3.8, 4) is 17.2 Å². The monoisotopic (exact) mass is 408 g/mol. The number of phenols is 1. The van der Waals surface area contributed by atoms with Crippen LogP contribution in [0.2, 0.25) is 0 Å². The Labute approximate surface area is 153 Å². The van der Waals surface area contributed by atoms with Crippen LogP contribution < -0.4 is 20.3 Å². The van der Waals surface area contributed by atoms with Crippen molar-refractivity contribution < 1.29 is 24.2 Å². The maximum absolute atomic E-state index is 12.0. The first kappa shape index (κ1) is 18.6. The Morgan fingerprint density at radius 2 is 1.76 bits per heavy atom. The fraction of sp³-hybridized carbons (Fsp3) is 0.176. The van der Waals surface area contributed by atoms with Crippen LogP contribution in [0.5, 0.6) is 17.2 Å². The SMILES string of the molecule is CCOc1ccccc1OCC(=O)NNC(=O)c1cc(Br)ccc1O. The van der Waals surface area contributed by atoms with E-state index in [4.69, 9.17) is 9.47 Å². The van der Waals surface area contributed by atoms with E-state index in [1.54, 1.807) is 30.3 Å². The number of amides is 2. The zero-order valence-electron chi connectivity index (χ0n) is 13.4. The number of hydrazine groups is 1. The molecule has 0 saturated carbocycles. The lowest BCUT2D eigenvalue weighted by atomic mass is 10.2. The fourth-order valence-corrected chi connectivity index (χ4v) is 2.27. The molecule has 0 radical (unpaired) electrons. The van der Waals surface area contributed by atoms with E-state index in [1.807, 2.05) is 6.92 Å². The van der Waals surface area contributed by atoms with E-state index in [0.717, 1.165) is 0 Å². The highest BCUT2D eigenvalue weighted by Crippen LogP contribution is 2.26. The first-order valence-electron chi connectivity index (χ1n) is 7.43. The number of aromatic hydroxyl groups is 1. The summed E-state index contributed by atoms with van der Waals surface area (Å²) < 4.78 is 11.4. The number of halogens is 1. The maximum atomic E-state index is 12.0. The van der Waals surface area contributed by atoms with Crippen LogP contribution >= 0.6 is 15.9 Å². The summed E-state index contributed by atoms with van der Waals surface area (Å²) in [7, 11) is 0. The van der Waals surface area contributed by atoms with Gasteiger partial charge < -0.3 is 14.6 Å². The van der Waals surface area contributed by atoms with Crippen molar-refractivity contribution >= 4 is 27.7 Å². The summed E-state index contributed by atoms with van der Waals surface area (Å²) in [5.41, 5.74) is 4.46. The number of carbonyl (C=O) groups is 2. The number of rotatable bonds is 6. The van der Waals surface area contributed by atoms with E-state index >= 15 is 0 Å². The first-order chi connectivity index (χ1) is 12.0. The Morgan fingerprint density at radius 1 is 1.08 bits per heavy atom. The van der Waals surface area contributed by atoms with Gasteiger partial charge in [0.15, 0.2) is 18.1 Å². The molecule has 0 saturated heterocycles. The second-order valence-corrected chi connectivity index (χ2v) is 5.75. The molecule has 0 aromatic heterocycles. The molecule has 0 fully saturated rings. The van der Waals surface area contributed by atoms with Gasteiger partial charge in [-0.15, -0.1) is 0 Å². The van der Waals surface area contributed by atoms with E-state index in [1.165, 1.54) is 12.1 Å². The van der Waals surface area contributed by atoms with Crippen LogP contribution in [0.15, 0.2) is 46.9 Å². The van der Waals surface area contributed by atoms with Crippen molar-refractivity contribution in [1.29, 1.82) is 0 Å². The molecule has 8 heteroatoms. The van der Waals surface area contributed by atoms with Gasteiger partial charge in [-0.2, -0.15) is 0 Å². The molecule has 0 bridgehead atoms. The van der Waals surface area contributed by atoms with Crippen molar-refractivity contribution in [1.82, 2.24) is 10.9 Å². The second-order valence-electron chi connectivity index (χ2n) is 4.83. The quantitative estimate of drug-likeness (QED) is 0.637. The van der Waals surface area contributed by atoms with Gasteiger partial charge in [-0.1, -0.05) is 28.1 Å². The van der Waals surface area contributed by atoms with Gasteiger partial charge in [0.1, 0.15) is 5.75 Å². The number of para-hydroxylation sites is 2. The van der Waals surface area contributed by atoms with Crippen molar-refractivity contribution in [2.45, 2.75) is 6.92 Å². The lowest BCUT2D eigenvalue weighted by Crippen LogP contribution is -2.43. The Bertz CT molecular complexity index is 766. The predicted octanol–water partition coefficient (Wildman–Crippen LogP) is 2.39. The van der Waals surface area contributed by atoms with Crippen LogP contribution in [-0.2, 0) is 4.79 Å². The zero-order valence-corrected chi connectivity index (χ0v) is 15.0. The number of ether oxygens (including phenoxy) is 2. The average Bonchev–Trinajstić information content (AvgIpc) is 2.61. The number of hydrogen-bond acceptors (Lipinski definition) is 5. The minimum absolute atomic E-state index is 0.0253. The number of nitrogens with one attached hydrogen (secondary N) is 2. The Morgan fingerprint density at radius 3 is 2.44 bits per heavy atom. The summed E-state index contributed by atoms with van der Waals surface area (Å²) in [5.74, 6) is -0.454. The standard InChI is InChI=1S/C17H17BrN2O5/c1-2-24-14-5-3-4-6-15(14)25-10-16(22)19-20-17(23)12-9-11(18)7-8-13(12)21/h3-9,21H,2,10H2,1H3,(H,19,22)(H,20,23). The summed E-state index contributed by atoms with van der Waals surface area (Å²) in [6.45, 7) is 2.00. The predicted molar refractivity (Wildman–Crippen MR) is 94.5 cm³/mol. The van der Waals surface area contributed by atoms with Crippen LogP contribution in [-0.4, -0.2) is 30.1 Å². The largest absolute Gasteiger partial charge is 0.507 e.